The number of benzene rings is 1. The molecule has 1 heterocycles. The maximum atomic E-state index is 12.3. The second kappa shape index (κ2) is 7.85. The number of nitriles is 1. The van der Waals surface area contributed by atoms with Gasteiger partial charge in [-0.25, -0.2) is 0 Å². The lowest BCUT2D eigenvalue weighted by Gasteiger charge is -2.12. The molecule has 1 aromatic carbocycles. The van der Waals surface area contributed by atoms with Gasteiger partial charge in [0.2, 0.25) is 0 Å². The summed E-state index contributed by atoms with van der Waals surface area (Å²) < 4.78 is 5.18. The SMILES string of the molecule is CCc1cccc(C)c1NC(=O)/C(C#N)=C\NCc1ccco1. The third kappa shape index (κ3) is 4.24. The van der Waals surface area contributed by atoms with Crippen LogP contribution >= 0.6 is 0 Å². The van der Waals surface area contributed by atoms with Gasteiger partial charge >= 0.3 is 0 Å². The minimum atomic E-state index is -0.427. The summed E-state index contributed by atoms with van der Waals surface area (Å²) in [6.45, 7) is 4.37. The van der Waals surface area contributed by atoms with E-state index < -0.39 is 5.91 Å². The Bertz CT molecular complexity index is 740. The van der Waals surface area contributed by atoms with Gasteiger partial charge in [0.1, 0.15) is 17.4 Å². The number of anilines is 1. The maximum absolute atomic E-state index is 12.3. The van der Waals surface area contributed by atoms with Crippen molar-refractivity contribution in [3.05, 3.63) is 65.3 Å². The molecule has 0 unspecified atom stereocenters. The van der Waals surface area contributed by atoms with Crippen molar-refractivity contribution < 1.29 is 9.21 Å². The van der Waals surface area contributed by atoms with Crippen molar-refractivity contribution in [1.82, 2.24) is 5.32 Å². The van der Waals surface area contributed by atoms with E-state index in [9.17, 15) is 10.1 Å². The molecule has 118 valence electrons. The first-order valence-electron chi connectivity index (χ1n) is 7.41. The third-order valence-corrected chi connectivity index (χ3v) is 3.45. The van der Waals surface area contributed by atoms with E-state index in [4.69, 9.17) is 4.42 Å². The summed E-state index contributed by atoms with van der Waals surface area (Å²) in [6.07, 6.45) is 3.78. The van der Waals surface area contributed by atoms with E-state index >= 15 is 0 Å². The molecule has 0 saturated carbocycles. The summed E-state index contributed by atoms with van der Waals surface area (Å²) in [5.74, 6) is 0.301. The molecule has 0 saturated heterocycles. The second-order valence-corrected chi connectivity index (χ2v) is 5.05. The Morgan fingerprint density at radius 1 is 1.35 bits per heavy atom. The highest BCUT2D eigenvalue weighted by Gasteiger charge is 2.12. The molecule has 1 amide bonds. The first-order chi connectivity index (χ1) is 11.2. The number of carbonyl (C=O) groups excluding carboxylic acids is 1. The van der Waals surface area contributed by atoms with E-state index in [-0.39, 0.29) is 5.57 Å². The first-order valence-corrected chi connectivity index (χ1v) is 7.41. The van der Waals surface area contributed by atoms with Crippen LogP contribution in [0.5, 0.6) is 0 Å². The van der Waals surface area contributed by atoms with Gasteiger partial charge < -0.3 is 15.1 Å². The fraction of sp³-hybridized carbons (Fsp3) is 0.222. The zero-order chi connectivity index (χ0) is 16.7. The smallest absolute Gasteiger partial charge is 0.267 e. The van der Waals surface area contributed by atoms with Crippen LogP contribution < -0.4 is 10.6 Å². The van der Waals surface area contributed by atoms with Gasteiger partial charge in [-0.2, -0.15) is 5.26 Å². The Morgan fingerprint density at radius 3 is 2.83 bits per heavy atom. The van der Waals surface area contributed by atoms with Gasteiger partial charge in [0.15, 0.2) is 0 Å². The maximum Gasteiger partial charge on any atom is 0.267 e. The number of para-hydroxylation sites is 1. The van der Waals surface area contributed by atoms with Crippen molar-refractivity contribution in [2.45, 2.75) is 26.8 Å². The van der Waals surface area contributed by atoms with Crippen LogP contribution in [-0.4, -0.2) is 5.91 Å². The number of nitrogens with one attached hydrogen (secondary N) is 2. The topological polar surface area (TPSA) is 78.1 Å². The molecule has 2 rings (SSSR count). The molecule has 0 aliphatic rings. The van der Waals surface area contributed by atoms with Gasteiger partial charge in [-0.3, -0.25) is 4.79 Å². The van der Waals surface area contributed by atoms with E-state index in [0.29, 0.717) is 6.54 Å². The minimum absolute atomic E-state index is 0.0156. The summed E-state index contributed by atoms with van der Waals surface area (Å²) in [7, 11) is 0. The van der Waals surface area contributed by atoms with Gasteiger partial charge in [-0.05, 0) is 36.6 Å². The molecule has 0 atom stereocenters. The van der Waals surface area contributed by atoms with Gasteiger partial charge in [-0.1, -0.05) is 25.1 Å². The van der Waals surface area contributed by atoms with Crippen molar-refractivity contribution in [3.8, 4) is 6.07 Å². The molecule has 0 radical (unpaired) electrons. The Kier molecular flexibility index (Phi) is 5.59. The molecular formula is C18H19N3O2. The number of hydrogen-bond acceptors (Lipinski definition) is 4. The molecule has 0 aliphatic carbocycles. The van der Waals surface area contributed by atoms with E-state index in [0.717, 1.165) is 29.0 Å². The fourth-order valence-corrected chi connectivity index (χ4v) is 2.20. The van der Waals surface area contributed by atoms with E-state index in [1.54, 1.807) is 12.3 Å². The molecule has 2 N–H and O–H groups in total. The number of hydrogen-bond donors (Lipinski definition) is 2. The molecule has 23 heavy (non-hydrogen) atoms. The van der Waals surface area contributed by atoms with Crippen molar-refractivity contribution in [1.29, 1.82) is 5.26 Å². The predicted molar refractivity (Wildman–Crippen MR) is 88.4 cm³/mol. The average Bonchev–Trinajstić information content (AvgIpc) is 3.06. The summed E-state index contributed by atoms with van der Waals surface area (Å²) in [6, 6.07) is 11.4. The van der Waals surface area contributed by atoms with Crippen molar-refractivity contribution in [2.75, 3.05) is 5.32 Å². The Hall–Kier alpha value is -3.00. The predicted octanol–water partition coefficient (Wildman–Crippen LogP) is 3.29. The summed E-state index contributed by atoms with van der Waals surface area (Å²) >= 11 is 0. The van der Waals surface area contributed by atoms with Crippen LogP contribution in [0.4, 0.5) is 5.69 Å². The first kappa shape index (κ1) is 16.4. The van der Waals surface area contributed by atoms with Crippen molar-refractivity contribution >= 4 is 11.6 Å². The average molecular weight is 309 g/mol. The van der Waals surface area contributed by atoms with Crippen molar-refractivity contribution in [3.63, 3.8) is 0 Å². The van der Waals surface area contributed by atoms with Crippen LogP contribution in [0.1, 0.15) is 23.8 Å². The summed E-state index contributed by atoms with van der Waals surface area (Å²) in [5, 5.41) is 14.9. The largest absolute Gasteiger partial charge is 0.467 e. The van der Waals surface area contributed by atoms with Crippen LogP contribution in [0.15, 0.2) is 52.8 Å². The molecule has 0 fully saturated rings. The van der Waals surface area contributed by atoms with Crippen LogP contribution in [0.25, 0.3) is 0 Å². The number of amides is 1. The zero-order valence-electron chi connectivity index (χ0n) is 13.2. The molecule has 0 spiro atoms. The van der Waals surface area contributed by atoms with Gasteiger partial charge in [0, 0.05) is 11.9 Å². The highest BCUT2D eigenvalue weighted by Crippen LogP contribution is 2.21. The second-order valence-electron chi connectivity index (χ2n) is 5.05. The molecular weight excluding hydrogens is 290 g/mol. The van der Waals surface area contributed by atoms with Crippen molar-refractivity contribution in [2.24, 2.45) is 0 Å². The molecule has 5 nitrogen and oxygen atoms in total. The van der Waals surface area contributed by atoms with E-state index in [1.165, 1.54) is 6.20 Å². The van der Waals surface area contributed by atoms with Crippen LogP contribution in [0.3, 0.4) is 0 Å². The molecule has 1 aromatic heterocycles. The Morgan fingerprint density at radius 2 is 2.17 bits per heavy atom. The zero-order valence-corrected chi connectivity index (χ0v) is 13.2. The standard InChI is InChI=1S/C18H19N3O2/c1-3-14-7-4-6-13(2)17(14)21-18(22)15(10-19)11-20-12-16-8-5-9-23-16/h4-9,11,20H,3,12H2,1-2H3,(H,21,22)/b15-11-. The highest BCUT2D eigenvalue weighted by molar-refractivity contribution is 6.07. The Balaban J connectivity index is 2.07. The van der Waals surface area contributed by atoms with E-state index in [2.05, 4.69) is 10.6 Å². The third-order valence-electron chi connectivity index (χ3n) is 3.45. The highest BCUT2D eigenvalue weighted by atomic mass is 16.3. The lowest BCUT2D eigenvalue weighted by Crippen LogP contribution is -2.18. The quantitative estimate of drug-likeness (QED) is 0.634. The normalized spacial score (nSPS) is 10.9. The monoisotopic (exact) mass is 309 g/mol. The summed E-state index contributed by atoms with van der Waals surface area (Å²) in [4.78, 5) is 12.3. The van der Waals surface area contributed by atoms with Gasteiger partial charge in [-0.15, -0.1) is 0 Å². The Labute approximate surface area is 135 Å². The number of aryl methyl sites for hydroxylation is 2. The van der Waals surface area contributed by atoms with Crippen LogP contribution in [0, 0.1) is 18.3 Å². The van der Waals surface area contributed by atoms with Crippen LogP contribution in [-0.2, 0) is 17.8 Å². The molecule has 2 aromatic rings. The number of nitrogens with zero attached hydrogens (tertiary/aromatic N) is 1. The molecule has 5 heteroatoms. The molecule has 0 aliphatic heterocycles. The van der Waals surface area contributed by atoms with Gasteiger partial charge in [0.25, 0.3) is 5.91 Å². The lowest BCUT2D eigenvalue weighted by molar-refractivity contribution is -0.112. The molecule has 0 bridgehead atoms. The lowest BCUT2D eigenvalue weighted by atomic mass is 10.1. The fourth-order valence-electron chi connectivity index (χ4n) is 2.20. The number of carbonyl (C=O) groups is 1. The number of rotatable bonds is 6. The number of furan rings is 1. The van der Waals surface area contributed by atoms with E-state index in [1.807, 2.05) is 44.2 Å². The minimum Gasteiger partial charge on any atom is -0.467 e. The van der Waals surface area contributed by atoms with Crippen LogP contribution in [0.2, 0.25) is 0 Å². The summed E-state index contributed by atoms with van der Waals surface area (Å²) in [5.41, 5.74) is 2.80. The van der Waals surface area contributed by atoms with Gasteiger partial charge in [0.05, 0.1) is 12.8 Å².